The Labute approximate surface area is 109 Å². The Bertz CT molecular complexity index is 386. The Morgan fingerprint density at radius 3 is 2.35 bits per heavy atom. The molecule has 1 aromatic rings. The van der Waals surface area contributed by atoms with Gasteiger partial charge in [-0.3, -0.25) is 0 Å². The lowest BCUT2D eigenvalue weighted by molar-refractivity contribution is 0.280. The van der Waals surface area contributed by atoms with Crippen molar-refractivity contribution in [2.75, 3.05) is 13.1 Å². The van der Waals surface area contributed by atoms with Crippen molar-refractivity contribution < 1.29 is 0 Å². The van der Waals surface area contributed by atoms with Crippen LogP contribution in [0.2, 0.25) is 0 Å². The van der Waals surface area contributed by atoms with Crippen LogP contribution in [0.5, 0.6) is 0 Å². The number of nitrogens with zero attached hydrogens (tertiary/aromatic N) is 1. The van der Waals surface area contributed by atoms with Gasteiger partial charge < -0.3 is 5.32 Å². The minimum absolute atomic E-state index is 0. The molecule has 0 radical (unpaired) electrons. The molecule has 1 aliphatic rings. The molecule has 0 atom stereocenters. The van der Waals surface area contributed by atoms with Crippen molar-refractivity contribution in [3.05, 3.63) is 35.4 Å². The summed E-state index contributed by atoms with van der Waals surface area (Å²) in [6.07, 6.45) is 2.83. The van der Waals surface area contributed by atoms with Crippen LogP contribution in [0.25, 0.3) is 0 Å². The van der Waals surface area contributed by atoms with Gasteiger partial charge in [0.2, 0.25) is 0 Å². The van der Waals surface area contributed by atoms with Crippen molar-refractivity contribution in [3.63, 3.8) is 0 Å². The fraction of sp³-hybridized carbons (Fsp3) is 0.500. The number of benzene rings is 1. The third kappa shape index (κ3) is 3.46. The van der Waals surface area contributed by atoms with Gasteiger partial charge in [-0.05, 0) is 44.8 Å². The van der Waals surface area contributed by atoms with Gasteiger partial charge in [0.05, 0.1) is 11.5 Å². The molecule has 0 aliphatic carbocycles. The predicted molar refractivity (Wildman–Crippen MR) is 72.3 cm³/mol. The van der Waals surface area contributed by atoms with Crippen LogP contribution in [0, 0.1) is 23.7 Å². The molecule has 2 rings (SSSR count). The number of piperidine rings is 1. The summed E-state index contributed by atoms with van der Waals surface area (Å²) in [5, 5.41) is 12.7. The molecule has 2 nitrogen and oxygen atoms in total. The van der Waals surface area contributed by atoms with Gasteiger partial charge in [-0.2, -0.15) is 5.26 Å². The highest BCUT2D eigenvalue weighted by molar-refractivity contribution is 5.85. The van der Waals surface area contributed by atoms with Gasteiger partial charge in [-0.1, -0.05) is 29.8 Å². The van der Waals surface area contributed by atoms with Gasteiger partial charge in [-0.15, -0.1) is 12.4 Å². The van der Waals surface area contributed by atoms with E-state index in [1.165, 1.54) is 11.1 Å². The molecule has 0 spiro atoms. The average molecular weight is 251 g/mol. The molecule has 0 unspecified atom stereocenters. The Hall–Kier alpha value is -1.04. The number of hydrogen-bond acceptors (Lipinski definition) is 2. The first kappa shape index (κ1) is 14.0. The van der Waals surface area contributed by atoms with E-state index >= 15 is 0 Å². The number of hydrogen-bond donors (Lipinski definition) is 1. The Morgan fingerprint density at radius 2 is 1.82 bits per heavy atom. The summed E-state index contributed by atoms with van der Waals surface area (Å²) in [5.41, 5.74) is 2.43. The standard InChI is InChI=1S/C14H18N2.ClH/c1-12-2-4-13(5-3-12)10-14(11-15)6-8-16-9-7-14;/h2-5,16H,6-10H2,1H3;1H. The summed E-state index contributed by atoms with van der Waals surface area (Å²) in [7, 11) is 0. The zero-order valence-corrected chi connectivity index (χ0v) is 11.0. The number of halogens is 1. The number of nitriles is 1. The summed E-state index contributed by atoms with van der Waals surface area (Å²) in [5.74, 6) is 0. The van der Waals surface area contributed by atoms with Crippen LogP contribution in [0.15, 0.2) is 24.3 Å². The van der Waals surface area contributed by atoms with E-state index in [4.69, 9.17) is 0 Å². The highest BCUT2D eigenvalue weighted by Gasteiger charge is 2.31. The average Bonchev–Trinajstić information content (AvgIpc) is 2.33. The molecule has 1 heterocycles. The topological polar surface area (TPSA) is 35.8 Å². The first-order valence-corrected chi connectivity index (χ1v) is 5.92. The third-order valence-corrected chi connectivity index (χ3v) is 3.46. The van der Waals surface area contributed by atoms with Crippen LogP contribution < -0.4 is 5.32 Å². The third-order valence-electron chi connectivity index (χ3n) is 3.46. The normalized spacial score (nSPS) is 17.9. The molecular weight excluding hydrogens is 232 g/mol. The van der Waals surface area contributed by atoms with Gasteiger partial charge in [0, 0.05) is 0 Å². The summed E-state index contributed by atoms with van der Waals surface area (Å²) < 4.78 is 0. The maximum atomic E-state index is 9.38. The maximum absolute atomic E-state index is 9.38. The molecule has 0 bridgehead atoms. The van der Waals surface area contributed by atoms with Crippen molar-refractivity contribution in [1.29, 1.82) is 5.26 Å². The van der Waals surface area contributed by atoms with E-state index in [0.29, 0.717) is 0 Å². The van der Waals surface area contributed by atoms with Gasteiger partial charge in [0.25, 0.3) is 0 Å². The van der Waals surface area contributed by atoms with Crippen molar-refractivity contribution >= 4 is 12.4 Å². The highest BCUT2D eigenvalue weighted by atomic mass is 35.5. The number of aryl methyl sites for hydroxylation is 1. The van der Waals surface area contributed by atoms with E-state index in [9.17, 15) is 5.26 Å². The second-order valence-corrected chi connectivity index (χ2v) is 4.80. The summed E-state index contributed by atoms with van der Waals surface area (Å²) in [4.78, 5) is 0. The Kier molecular flexibility index (Phi) is 4.99. The largest absolute Gasteiger partial charge is 0.317 e. The van der Waals surface area contributed by atoms with Crippen LogP contribution in [-0.4, -0.2) is 13.1 Å². The Balaban J connectivity index is 0.00000144. The predicted octanol–water partition coefficient (Wildman–Crippen LogP) is 2.85. The van der Waals surface area contributed by atoms with E-state index in [-0.39, 0.29) is 17.8 Å². The molecular formula is C14H19ClN2. The zero-order valence-electron chi connectivity index (χ0n) is 10.2. The summed E-state index contributed by atoms with van der Waals surface area (Å²) in [6.45, 7) is 4.03. The van der Waals surface area contributed by atoms with Crippen LogP contribution in [0.4, 0.5) is 0 Å². The van der Waals surface area contributed by atoms with Crippen molar-refractivity contribution in [2.45, 2.75) is 26.2 Å². The maximum Gasteiger partial charge on any atom is 0.0694 e. The van der Waals surface area contributed by atoms with Gasteiger partial charge >= 0.3 is 0 Å². The quantitative estimate of drug-likeness (QED) is 0.876. The molecule has 1 N–H and O–H groups in total. The lowest BCUT2D eigenvalue weighted by Gasteiger charge is -2.31. The van der Waals surface area contributed by atoms with Crippen molar-refractivity contribution in [2.24, 2.45) is 5.41 Å². The van der Waals surface area contributed by atoms with Crippen LogP contribution >= 0.6 is 12.4 Å². The second-order valence-electron chi connectivity index (χ2n) is 4.80. The Morgan fingerprint density at radius 1 is 1.24 bits per heavy atom. The molecule has 1 aromatic carbocycles. The molecule has 0 saturated carbocycles. The fourth-order valence-corrected chi connectivity index (χ4v) is 2.33. The zero-order chi connectivity index (χ0) is 11.4. The molecule has 0 aromatic heterocycles. The lowest BCUT2D eigenvalue weighted by atomic mass is 9.75. The lowest BCUT2D eigenvalue weighted by Crippen LogP contribution is -2.37. The van der Waals surface area contributed by atoms with Crippen molar-refractivity contribution in [3.8, 4) is 6.07 Å². The van der Waals surface area contributed by atoms with E-state index < -0.39 is 0 Å². The molecule has 3 heteroatoms. The van der Waals surface area contributed by atoms with E-state index in [1.54, 1.807) is 0 Å². The highest BCUT2D eigenvalue weighted by Crippen LogP contribution is 2.32. The fourth-order valence-electron chi connectivity index (χ4n) is 2.33. The first-order chi connectivity index (χ1) is 7.74. The smallest absolute Gasteiger partial charge is 0.0694 e. The molecule has 1 aliphatic heterocycles. The van der Waals surface area contributed by atoms with Crippen LogP contribution in [0.3, 0.4) is 0 Å². The van der Waals surface area contributed by atoms with Gasteiger partial charge in [0.1, 0.15) is 0 Å². The van der Waals surface area contributed by atoms with Gasteiger partial charge in [0.15, 0.2) is 0 Å². The minimum Gasteiger partial charge on any atom is -0.317 e. The SMILES string of the molecule is Cc1ccc(CC2(C#N)CCNCC2)cc1.Cl. The van der Waals surface area contributed by atoms with Crippen molar-refractivity contribution in [1.82, 2.24) is 5.32 Å². The van der Waals surface area contributed by atoms with E-state index in [2.05, 4.69) is 42.6 Å². The number of rotatable bonds is 2. The van der Waals surface area contributed by atoms with Gasteiger partial charge in [-0.25, -0.2) is 0 Å². The first-order valence-electron chi connectivity index (χ1n) is 5.92. The molecule has 1 saturated heterocycles. The van der Waals surface area contributed by atoms with Crippen LogP contribution in [0.1, 0.15) is 24.0 Å². The summed E-state index contributed by atoms with van der Waals surface area (Å²) >= 11 is 0. The van der Waals surface area contributed by atoms with E-state index in [1.807, 2.05) is 0 Å². The number of nitrogens with one attached hydrogen (secondary N) is 1. The molecule has 92 valence electrons. The monoisotopic (exact) mass is 250 g/mol. The van der Waals surface area contributed by atoms with E-state index in [0.717, 1.165) is 32.4 Å². The minimum atomic E-state index is -0.138. The molecule has 0 amide bonds. The molecule has 17 heavy (non-hydrogen) atoms. The molecule has 1 fully saturated rings. The second kappa shape index (κ2) is 6.05. The summed E-state index contributed by atoms with van der Waals surface area (Å²) in [6, 6.07) is 11.1. The van der Waals surface area contributed by atoms with Crippen LogP contribution in [-0.2, 0) is 6.42 Å².